The summed E-state index contributed by atoms with van der Waals surface area (Å²) >= 11 is 0. The SMILES string of the molecule is NCCSSCCC(=O)N(C(=O)CCSSCCN)C1CCCC1. The molecule has 1 rings (SSSR count). The number of carbonyl (C=O) groups is 2. The van der Waals surface area contributed by atoms with Gasteiger partial charge in [0.1, 0.15) is 0 Å². The van der Waals surface area contributed by atoms with Crippen molar-refractivity contribution < 1.29 is 9.59 Å². The van der Waals surface area contributed by atoms with Gasteiger partial charge in [-0.15, -0.1) is 0 Å². The summed E-state index contributed by atoms with van der Waals surface area (Å²) in [6.07, 6.45) is 5.01. The Morgan fingerprint density at radius 2 is 1.21 bits per heavy atom. The monoisotopic (exact) mass is 411 g/mol. The Morgan fingerprint density at radius 1 is 0.792 bits per heavy atom. The van der Waals surface area contributed by atoms with Gasteiger partial charge in [0.25, 0.3) is 0 Å². The van der Waals surface area contributed by atoms with Crippen molar-refractivity contribution in [1.29, 1.82) is 0 Å². The van der Waals surface area contributed by atoms with Gasteiger partial charge in [-0.05, 0) is 12.8 Å². The Hall–Kier alpha value is 0.460. The molecule has 0 aromatic rings. The van der Waals surface area contributed by atoms with E-state index in [9.17, 15) is 9.59 Å². The number of rotatable bonds is 13. The molecule has 4 N–H and O–H groups in total. The highest BCUT2D eigenvalue weighted by Crippen LogP contribution is 2.27. The smallest absolute Gasteiger partial charge is 0.230 e. The zero-order valence-corrected chi connectivity index (χ0v) is 17.4. The third-order valence-corrected chi connectivity index (χ3v) is 8.47. The second-order valence-electron chi connectivity index (χ2n) is 5.46. The Balaban J connectivity index is 2.41. The van der Waals surface area contributed by atoms with Gasteiger partial charge in [0.05, 0.1) is 0 Å². The van der Waals surface area contributed by atoms with Crippen LogP contribution in [-0.4, -0.2) is 58.9 Å². The minimum Gasteiger partial charge on any atom is -0.330 e. The third kappa shape index (κ3) is 9.24. The lowest BCUT2D eigenvalue weighted by atomic mass is 10.2. The van der Waals surface area contributed by atoms with Crippen LogP contribution in [0.1, 0.15) is 38.5 Å². The molecule has 1 aliphatic carbocycles. The van der Waals surface area contributed by atoms with Crippen LogP contribution in [0.2, 0.25) is 0 Å². The van der Waals surface area contributed by atoms with Crippen molar-refractivity contribution in [3.8, 4) is 0 Å². The molecule has 1 fully saturated rings. The molecule has 0 aromatic heterocycles. The lowest BCUT2D eigenvalue weighted by molar-refractivity contribution is -0.147. The van der Waals surface area contributed by atoms with Crippen LogP contribution in [0.4, 0.5) is 0 Å². The summed E-state index contributed by atoms with van der Waals surface area (Å²) in [5.41, 5.74) is 10.9. The molecule has 0 unspecified atom stereocenters. The molecule has 0 spiro atoms. The van der Waals surface area contributed by atoms with Crippen LogP contribution in [0.5, 0.6) is 0 Å². The number of nitrogens with zero attached hydrogens (tertiary/aromatic N) is 1. The van der Waals surface area contributed by atoms with Crippen LogP contribution < -0.4 is 11.5 Å². The fraction of sp³-hybridized carbons (Fsp3) is 0.867. The van der Waals surface area contributed by atoms with Gasteiger partial charge >= 0.3 is 0 Å². The van der Waals surface area contributed by atoms with Gasteiger partial charge in [-0.3, -0.25) is 14.5 Å². The Kier molecular flexibility index (Phi) is 13.7. The molecule has 0 aromatic carbocycles. The van der Waals surface area contributed by atoms with Crippen LogP contribution in [0.15, 0.2) is 0 Å². The van der Waals surface area contributed by atoms with Gasteiger partial charge in [-0.2, -0.15) is 0 Å². The van der Waals surface area contributed by atoms with Crippen LogP contribution in [0.25, 0.3) is 0 Å². The molecular formula is C15H29N3O2S4. The molecule has 1 aliphatic rings. The van der Waals surface area contributed by atoms with Crippen molar-refractivity contribution in [1.82, 2.24) is 4.90 Å². The van der Waals surface area contributed by atoms with Gasteiger partial charge < -0.3 is 11.5 Å². The second-order valence-corrected chi connectivity index (χ2v) is 10.9. The van der Waals surface area contributed by atoms with E-state index in [-0.39, 0.29) is 17.9 Å². The molecule has 0 heterocycles. The maximum absolute atomic E-state index is 12.6. The molecule has 140 valence electrons. The molecule has 2 amide bonds. The van der Waals surface area contributed by atoms with Crippen LogP contribution in [0, 0.1) is 0 Å². The summed E-state index contributed by atoms with van der Waals surface area (Å²) in [4.78, 5) is 26.7. The number of hydrogen-bond acceptors (Lipinski definition) is 8. The van der Waals surface area contributed by atoms with Crippen molar-refractivity contribution in [2.45, 2.75) is 44.6 Å². The van der Waals surface area contributed by atoms with Gasteiger partial charge in [0.15, 0.2) is 0 Å². The molecule has 0 saturated heterocycles. The van der Waals surface area contributed by atoms with E-state index in [0.29, 0.717) is 25.9 Å². The molecule has 1 saturated carbocycles. The van der Waals surface area contributed by atoms with Crippen molar-refractivity contribution in [3.63, 3.8) is 0 Å². The number of nitrogens with two attached hydrogens (primary N) is 2. The number of amides is 2. The first-order valence-electron chi connectivity index (χ1n) is 8.44. The fourth-order valence-corrected chi connectivity index (χ4v) is 6.21. The van der Waals surface area contributed by atoms with E-state index >= 15 is 0 Å². The topological polar surface area (TPSA) is 89.4 Å². The standard InChI is InChI=1S/C15H29N3O2S4/c16-7-11-23-21-9-5-14(19)18(13-3-1-2-4-13)15(20)6-10-22-24-12-8-17/h13H,1-12,16-17H2. The van der Waals surface area contributed by atoms with Crippen molar-refractivity contribution in [3.05, 3.63) is 0 Å². The molecule has 0 bridgehead atoms. The van der Waals surface area contributed by atoms with E-state index in [4.69, 9.17) is 11.5 Å². The largest absolute Gasteiger partial charge is 0.330 e. The zero-order valence-electron chi connectivity index (χ0n) is 14.1. The normalized spacial score (nSPS) is 14.9. The van der Waals surface area contributed by atoms with Crippen molar-refractivity contribution >= 4 is 55.0 Å². The number of hydrogen-bond donors (Lipinski definition) is 2. The molecule has 0 radical (unpaired) electrons. The predicted octanol–water partition coefficient (Wildman–Crippen LogP) is 2.74. The summed E-state index contributed by atoms with van der Waals surface area (Å²) in [5.74, 6) is 3.24. The summed E-state index contributed by atoms with van der Waals surface area (Å²) < 4.78 is 0. The van der Waals surface area contributed by atoms with Crippen LogP contribution in [0.3, 0.4) is 0 Å². The van der Waals surface area contributed by atoms with Crippen LogP contribution in [-0.2, 0) is 9.59 Å². The lowest BCUT2D eigenvalue weighted by Crippen LogP contribution is -2.43. The molecule has 9 heteroatoms. The first kappa shape index (κ1) is 22.5. The maximum Gasteiger partial charge on any atom is 0.230 e. The Bertz CT molecular complexity index is 343. The minimum atomic E-state index is -0.00707. The maximum atomic E-state index is 12.6. The molecule has 0 aliphatic heterocycles. The van der Waals surface area contributed by atoms with Crippen LogP contribution >= 0.6 is 43.2 Å². The lowest BCUT2D eigenvalue weighted by Gasteiger charge is -2.27. The Labute approximate surface area is 161 Å². The van der Waals surface area contributed by atoms with Gasteiger partial charge in [-0.25, -0.2) is 0 Å². The van der Waals surface area contributed by atoms with Crippen molar-refractivity contribution in [2.24, 2.45) is 11.5 Å². The van der Waals surface area contributed by atoms with E-state index in [1.54, 1.807) is 48.1 Å². The highest BCUT2D eigenvalue weighted by atomic mass is 33.1. The molecular weight excluding hydrogens is 382 g/mol. The number of carbonyl (C=O) groups excluding carboxylic acids is 2. The van der Waals surface area contributed by atoms with E-state index in [0.717, 1.165) is 48.7 Å². The van der Waals surface area contributed by atoms with Crippen molar-refractivity contribution in [2.75, 3.05) is 36.1 Å². The quantitative estimate of drug-likeness (QED) is 0.353. The summed E-state index contributed by atoms with van der Waals surface area (Å²) in [5, 5.41) is 0. The highest BCUT2D eigenvalue weighted by molar-refractivity contribution is 8.77. The molecule has 5 nitrogen and oxygen atoms in total. The minimum absolute atomic E-state index is 0.00707. The van der Waals surface area contributed by atoms with Gasteiger partial charge in [-0.1, -0.05) is 56.0 Å². The van der Waals surface area contributed by atoms with E-state index < -0.39 is 0 Å². The first-order chi connectivity index (χ1) is 11.7. The number of imide groups is 1. The summed E-state index contributed by atoms with van der Waals surface area (Å²) in [7, 11) is 6.70. The average molecular weight is 412 g/mol. The fourth-order valence-electron chi connectivity index (χ4n) is 2.54. The molecule has 0 atom stereocenters. The van der Waals surface area contributed by atoms with Gasteiger partial charge in [0.2, 0.25) is 11.8 Å². The summed E-state index contributed by atoms with van der Waals surface area (Å²) in [6.45, 7) is 1.30. The second kappa shape index (κ2) is 14.6. The highest BCUT2D eigenvalue weighted by Gasteiger charge is 2.30. The Morgan fingerprint density at radius 3 is 1.62 bits per heavy atom. The van der Waals surface area contributed by atoms with Gasteiger partial charge in [0, 0.05) is 55.0 Å². The van der Waals surface area contributed by atoms with E-state index in [1.165, 1.54) is 0 Å². The van der Waals surface area contributed by atoms with E-state index in [1.807, 2.05) is 0 Å². The average Bonchev–Trinajstić information content (AvgIpc) is 3.08. The summed E-state index contributed by atoms with van der Waals surface area (Å²) in [6, 6.07) is 0.119. The predicted molar refractivity (Wildman–Crippen MR) is 111 cm³/mol. The zero-order chi connectivity index (χ0) is 17.6. The third-order valence-electron chi connectivity index (χ3n) is 3.59. The molecule has 24 heavy (non-hydrogen) atoms. The van der Waals surface area contributed by atoms with E-state index in [2.05, 4.69) is 0 Å². The first-order valence-corrected chi connectivity index (χ1v) is 13.4.